The maximum Gasteiger partial charge on any atom is 0.253 e. The average molecular weight is 265 g/mol. The summed E-state index contributed by atoms with van der Waals surface area (Å²) in [5, 5.41) is 3.00. The van der Waals surface area contributed by atoms with Gasteiger partial charge in [0.25, 0.3) is 5.91 Å². The number of nitrogens with one attached hydrogen (secondary N) is 1. The fourth-order valence-corrected chi connectivity index (χ4v) is 2.36. The van der Waals surface area contributed by atoms with Crippen LogP contribution in [0.25, 0.3) is 0 Å². The number of carbonyl (C=O) groups is 1. The molecule has 19 heavy (non-hydrogen) atoms. The molecule has 0 radical (unpaired) electrons. The fraction of sp³-hybridized carbons (Fsp3) is 0.667. The van der Waals surface area contributed by atoms with Gasteiger partial charge < -0.3 is 9.88 Å². The molecule has 0 saturated carbocycles. The first-order valence-electron chi connectivity index (χ1n) is 7.00. The minimum atomic E-state index is 0.0190. The van der Waals surface area contributed by atoms with Gasteiger partial charge >= 0.3 is 0 Å². The van der Waals surface area contributed by atoms with E-state index in [0.29, 0.717) is 18.6 Å². The smallest absolute Gasteiger partial charge is 0.253 e. The quantitative estimate of drug-likeness (QED) is 0.856. The Kier molecular flexibility index (Phi) is 5.60. The van der Waals surface area contributed by atoms with E-state index in [1.165, 1.54) is 0 Å². The molecule has 0 unspecified atom stereocenters. The summed E-state index contributed by atoms with van der Waals surface area (Å²) in [4.78, 5) is 14.4. The number of rotatable bonds is 6. The Morgan fingerprint density at radius 2 is 1.89 bits per heavy atom. The molecule has 1 rings (SSSR count). The molecule has 0 saturated heterocycles. The van der Waals surface area contributed by atoms with Gasteiger partial charge in [-0.25, -0.2) is 0 Å². The molecular formula is C15H27N3O. The van der Waals surface area contributed by atoms with Crippen molar-refractivity contribution in [2.45, 2.75) is 46.7 Å². The van der Waals surface area contributed by atoms with Crippen LogP contribution in [-0.2, 0) is 7.05 Å². The molecule has 4 nitrogen and oxygen atoms in total. The molecule has 1 aromatic rings. The van der Waals surface area contributed by atoms with Crippen LogP contribution in [0.2, 0.25) is 0 Å². The van der Waals surface area contributed by atoms with Gasteiger partial charge in [0.05, 0.1) is 5.56 Å². The summed E-state index contributed by atoms with van der Waals surface area (Å²) in [7, 11) is 1.95. The molecule has 1 amide bonds. The average Bonchev–Trinajstić information content (AvgIpc) is 2.64. The normalized spacial score (nSPS) is 11.6. The Bertz CT molecular complexity index is 413. The third-order valence-corrected chi connectivity index (χ3v) is 3.61. The van der Waals surface area contributed by atoms with Crippen molar-refractivity contribution in [1.82, 2.24) is 14.8 Å². The van der Waals surface area contributed by atoms with E-state index in [9.17, 15) is 4.79 Å². The third-order valence-electron chi connectivity index (χ3n) is 3.61. The summed E-state index contributed by atoms with van der Waals surface area (Å²) in [6, 6.07) is 2.86. The van der Waals surface area contributed by atoms with Crippen molar-refractivity contribution in [2.24, 2.45) is 7.05 Å². The van der Waals surface area contributed by atoms with Gasteiger partial charge in [0.15, 0.2) is 0 Å². The van der Waals surface area contributed by atoms with E-state index in [2.05, 4.69) is 37.9 Å². The number of nitrogens with zero attached hydrogens (tertiary/aromatic N) is 2. The Hall–Kier alpha value is -1.29. The van der Waals surface area contributed by atoms with E-state index >= 15 is 0 Å². The lowest BCUT2D eigenvalue weighted by Crippen LogP contribution is -2.42. The second kappa shape index (κ2) is 6.75. The summed E-state index contributed by atoms with van der Waals surface area (Å²) < 4.78 is 1.96. The van der Waals surface area contributed by atoms with Crippen molar-refractivity contribution in [3.05, 3.63) is 23.5 Å². The van der Waals surface area contributed by atoms with Gasteiger partial charge in [-0.1, -0.05) is 0 Å². The van der Waals surface area contributed by atoms with E-state index in [1.807, 2.05) is 30.8 Å². The Morgan fingerprint density at radius 1 is 1.32 bits per heavy atom. The van der Waals surface area contributed by atoms with Crippen LogP contribution in [-0.4, -0.2) is 40.5 Å². The van der Waals surface area contributed by atoms with Crippen molar-refractivity contribution in [3.63, 3.8) is 0 Å². The summed E-state index contributed by atoms with van der Waals surface area (Å²) in [5.74, 6) is 0.0190. The van der Waals surface area contributed by atoms with Crippen molar-refractivity contribution in [2.75, 3.05) is 13.1 Å². The zero-order valence-electron chi connectivity index (χ0n) is 13.0. The molecule has 0 spiro atoms. The van der Waals surface area contributed by atoms with Crippen molar-refractivity contribution in [3.8, 4) is 0 Å². The van der Waals surface area contributed by atoms with Crippen LogP contribution in [0.4, 0.5) is 0 Å². The number of carbonyl (C=O) groups excluding carboxylic acids is 1. The van der Waals surface area contributed by atoms with Gasteiger partial charge in [-0.05, 0) is 40.7 Å². The van der Waals surface area contributed by atoms with Gasteiger partial charge in [-0.2, -0.15) is 0 Å². The van der Waals surface area contributed by atoms with E-state index in [1.54, 1.807) is 0 Å². The molecule has 1 N–H and O–H groups in total. The van der Waals surface area contributed by atoms with Gasteiger partial charge in [-0.3, -0.25) is 9.69 Å². The molecule has 0 aromatic carbocycles. The molecule has 1 heterocycles. The topological polar surface area (TPSA) is 37.3 Å². The third kappa shape index (κ3) is 4.10. The molecule has 0 fully saturated rings. The van der Waals surface area contributed by atoms with E-state index in [-0.39, 0.29) is 5.91 Å². The van der Waals surface area contributed by atoms with Gasteiger partial charge in [0.1, 0.15) is 0 Å². The van der Waals surface area contributed by atoms with E-state index in [4.69, 9.17) is 0 Å². The highest BCUT2D eigenvalue weighted by Gasteiger charge is 2.14. The summed E-state index contributed by atoms with van der Waals surface area (Å²) in [6.07, 6.45) is 1.92. The largest absolute Gasteiger partial charge is 0.354 e. The summed E-state index contributed by atoms with van der Waals surface area (Å²) >= 11 is 0. The lowest BCUT2D eigenvalue weighted by Gasteiger charge is -2.30. The van der Waals surface area contributed by atoms with Crippen molar-refractivity contribution >= 4 is 5.91 Å². The highest BCUT2D eigenvalue weighted by atomic mass is 16.1. The second-order valence-electron chi connectivity index (χ2n) is 5.61. The van der Waals surface area contributed by atoms with Crippen molar-refractivity contribution in [1.29, 1.82) is 0 Å². The predicted molar refractivity (Wildman–Crippen MR) is 79.5 cm³/mol. The molecule has 0 aliphatic rings. The Labute approximate surface area is 116 Å². The molecule has 0 aliphatic heterocycles. The van der Waals surface area contributed by atoms with Crippen LogP contribution in [0.3, 0.4) is 0 Å². The number of aromatic nitrogens is 1. The van der Waals surface area contributed by atoms with Gasteiger partial charge in [0.2, 0.25) is 0 Å². The number of amides is 1. The zero-order valence-corrected chi connectivity index (χ0v) is 13.0. The monoisotopic (exact) mass is 265 g/mol. The molecule has 0 atom stereocenters. The maximum atomic E-state index is 12.1. The van der Waals surface area contributed by atoms with Crippen LogP contribution < -0.4 is 5.32 Å². The molecular weight excluding hydrogens is 238 g/mol. The Morgan fingerprint density at radius 3 is 2.32 bits per heavy atom. The lowest BCUT2D eigenvalue weighted by atomic mass is 10.2. The van der Waals surface area contributed by atoms with Crippen molar-refractivity contribution < 1.29 is 4.79 Å². The second-order valence-corrected chi connectivity index (χ2v) is 5.61. The molecule has 0 bridgehead atoms. The summed E-state index contributed by atoms with van der Waals surface area (Å²) in [5.41, 5.74) is 1.77. The molecule has 1 aromatic heterocycles. The van der Waals surface area contributed by atoms with Crippen LogP contribution in [0, 0.1) is 6.92 Å². The number of aryl methyl sites for hydroxylation is 1. The first kappa shape index (κ1) is 15.8. The van der Waals surface area contributed by atoms with Gasteiger partial charge in [0, 0.05) is 44.1 Å². The van der Waals surface area contributed by atoms with Crippen LogP contribution in [0.5, 0.6) is 0 Å². The van der Waals surface area contributed by atoms with Crippen LogP contribution in [0.1, 0.15) is 43.7 Å². The zero-order chi connectivity index (χ0) is 14.6. The minimum absolute atomic E-state index is 0.0190. The van der Waals surface area contributed by atoms with Crippen LogP contribution >= 0.6 is 0 Å². The highest BCUT2D eigenvalue weighted by Crippen LogP contribution is 2.08. The van der Waals surface area contributed by atoms with Crippen LogP contribution in [0.15, 0.2) is 12.3 Å². The number of hydrogen-bond acceptors (Lipinski definition) is 2. The molecule has 108 valence electrons. The molecule has 4 heteroatoms. The SMILES string of the molecule is Cc1c(C(=O)NCCN(C(C)C)C(C)C)ccn1C. The first-order chi connectivity index (χ1) is 8.84. The maximum absolute atomic E-state index is 12.1. The standard InChI is InChI=1S/C15H27N3O/c1-11(2)18(12(3)4)10-8-16-15(19)14-7-9-17(6)13(14)5/h7,9,11-12H,8,10H2,1-6H3,(H,16,19). The minimum Gasteiger partial charge on any atom is -0.354 e. The highest BCUT2D eigenvalue weighted by molar-refractivity contribution is 5.95. The lowest BCUT2D eigenvalue weighted by molar-refractivity contribution is 0.0938. The Balaban J connectivity index is 2.49. The number of hydrogen-bond donors (Lipinski definition) is 1. The van der Waals surface area contributed by atoms with E-state index < -0.39 is 0 Å². The molecule has 0 aliphatic carbocycles. The summed E-state index contributed by atoms with van der Waals surface area (Å²) in [6.45, 7) is 12.3. The van der Waals surface area contributed by atoms with Gasteiger partial charge in [-0.15, -0.1) is 0 Å². The fourth-order valence-electron chi connectivity index (χ4n) is 2.36. The van der Waals surface area contributed by atoms with E-state index in [0.717, 1.165) is 17.8 Å². The predicted octanol–water partition coefficient (Wildman–Crippen LogP) is 2.18. The first-order valence-corrected chi connectivity index (χ1v) is 7.00.